The van der Waals surface area contributed by atoms with Gasteiger partial charge < -0.3 is 25.8 Å². The van der Waals surface area contributed by atoms with Crippen molar-refractivity contribution in [3.8, 4) is 11.5 Å². The second kappa shape index (κ2) is 9.84. The van der Waals surface area contributed by atoms with Gasteiger partial charge in [0.25, 0.3) is 5.91 Å². The van der Waals surface area contributed by atoms with Crippen LogP contribution in [0.4, 0.5) is 0 Å². The van der Waals surface area contributed by atoms with Crippen LogP contribution in [-0.4, -0.2) is 43.7 Å². The standard InChI is InChI=1S/C21H26N4O4S/c1-12-6-4-5-7-14(12)11-30-21-24-18(22)17(20(27)25-21)23-19(26)13-8-9-15(28-2)16(10-13)29-3/h4-10,17-18,21,24H,11,22H2,1-3H3,(H,23,26)(H,25,27). The van der Waals surface area contributed by atoms with Crippen LogP contribution < -0.4 is 31.2 Å². The zero-order valence-corrected chi connectivity index (χ0v) is 17.9. The number of ether oxygens (including phenoxy) is 2. The molecule has 1 aliphatic heterocycles. The average molecular weight is 431 g/mol. The summed E-state index contributed by atoms with van der Waals surface area (Å²) in [7, 11) is 3.00. The lowest BCUT2D eigenvalue weighted by Crippen LogP contribution is -2.70. The van der Waals surface area contributed by atoms with Gasteiger partial charge in [0.05, 0.1) is 20.4 Å². The smallest absolute Gasteiger partial charge is 0.252 e. The van der Waals surface area contributed by atoms with E-state index in [2.05, 4.69) is 22.0 Å². The lowest BCUT2D eigenvalue weighted by molar-refractivity contribution is -0.125. The highest BCUT2D eigenvalue weighted by Crippen LogP contribution is 2.27. The van der Waals surface area contributed by atoms with Crippen LogP contribution in [0.3, 0.4) is 0 Å². The molecule has 3 rings (SSSR count). The summed E-state index contributed by atoms with van der Waals surface area (Å²) >= 11 is 1.53. The predicted molar refractivity (Wildman–Crippen MR) is 116 cm³/mol. The minimum Gasteiger partial charge on any atom is -0.493 e. The molecule has 0 radical (unpaired) electrons. The number of hydrogen-bond acceptors (Lipinski definition) is 7. The van der Waals surface area contributed by atoms with Gasteiger partial charge in [-0.3, -0.25) is 14.9 Å². The van der Waals surface area contributed by atoms with Crippen molar-refractivity contribution in [2.75, 3.05) is 14.2 Å². The predicted octanol–water partition coefficient (Wildman–Crippen LogP) is 1.33. The number of hydrogen-bond donors (Lipinski definition) is 4. The normalized spacial score (nSPS) is 20.9. The SMILES string of the molecule is COc1ccc(C(=O)NC2C(=O)NC(SCc3ccccc3C)NC2N)cc1OC. The first-order valence-corrected chi connectivity index (χ1v) is 10.5. The molecule has 0 bridgehead atoms. The van der Waals surface area contributed by atoms with Gasteiger partial charge >= 0.3 is 0 Å². The molecule has 0 saturated carbocycles. The number of amides is 2. The van der Waals surface area contributed by atoms with Crippen molar-refractivity contribution in [2.24, 2.45) is 5.73 Å². The molecule has 0 spiro atoms. The summed E-state index contributed by atoms with van der Waals surface area (Å²) in [6, 6.07) is 12.0. The van der Waals surface area contributed by atoms with Crippen molar-refractivity contribution in [1.82, 2.24) is 16.0 Å². The Morgan fingerprint density at radius 3 is 2.57 bits per heavy atom. The minimum atomic E-state index is -0.902. The van der Waals surface area contributed by atoms with E-state index >= 15 is 0 Å². The Kier molecular flexibility index (Phi) is 7.20. The van der Waals surface area contributed by atoms with Gasteiger partial charge in [-0.2, -0.15) is 0 Å². The number of benzene rings is 2. The van der Waals surface area contributed by atoms with E-state index in [1.165, 1.54) is 37.1 Å². The lowest BCUT2D eigenvalue weighted by Gasteiger charge is -2.35. The van der Waals surface area contributed by atoms with E-state index in [4.69, 9.17) is 15.2 Å². The van der Waals surface area contributed by atoms with E-state index in [0.717, 1.165) is 5.75 Å². The maximum absolute atomic E-state index is 12.6. The third-order valence-electron chi connectivity index (χ3n) is 4.86. The van der Waals surface area contributed by atoms with Crippen LogP contribution in [0.2, 0.25) is 0 Å². The molecule has 0 aromatic heterocycles. The van der Waals surface area contributed by atoms with Gasteiger partial charge in [-0.05, 0) is 36.2 Å². The average Bonchev–Trinajstić information content (AvgIpc) is 2.75. The molecule has 1 aliphatic rings. The largest absolute Gasteiger partial charge is 0.493 e. The molecule has 9 heteroatoms. The van der Waals surface area contributed by atoms with E-state index in [9.17, 15) is 9.59 Å². The lowest BCUT2D eigenvalue weighted by atomic mass is 10.1. The van der Waals surface area contributed by atoms with E-state index in [-0.39, 0.29) is 11.4 Å². The Hall–Kier alpha value is -2.75. The Balaban J connectivity index is 1.60. The molecular weight excluding hydrogens is 404 g/mol. The van der Waals surface area contributed by atoms with Gasteiger partial charge in [0.2, 0.25) is 5.91 Å². The summed E-state index contributed by atoms with van der Waals surface area (Å²) in [5.74, 6) is 0.890. The van der Waals surface area contributed by atoms with Gasteiger partial charge in [-0.1, -0.05) is 24.3 Å². The summed E-state index contributed by atoms with van der Waals surface area (Å²) in [6.07, 6.45) is -0.725. The molecule has 1 saturated heterocycles. The Morgan fingerprint density at radius 2 is 1.90 bits per heavy atom. The van der Waals surface area contributed by atoms with Crippen LogP contribution in [0, 0.1) is 6.92 Å². The number of aryl methyl sites for hydroxylation is 1. The zero-order valence-electron chi connectivity index (χ0n) is 17.1. The quantitative estimate of drug-likeness (QED) is 0.524. The van der Waals surface area contributed by atoms with Crippen LogP contribution in [0.5, 0.6) is 11.5 Å². The van der Waals surface area contributed by atoms with E-state index < -0.39 is 18.1 Å². The molecule has 160 valence electrons. The van der Waals surface area contributed by atoms with Crippen LogP contribution in [0.1, 0.15) is 21.5 Å². The van der Waals surface area contributed by atoms with Crippen LogP contribution in [-0.2, 0) is 10.5 Å². The van der Waals surface area contributed by atoms with Gasteiger partial charge in [0, 0.05) is 11.3 Å². The van der Waals surface area contributed by atoms with Crippen LogP contribution in [0.25, 0.3) is 0 Å². The zero-order chi connectivity index (χ0) is 21.7. The molecule has 0 aliphatic carbocycles. The molecule has 1 fully saturated rings. The number of nitrogens with one attached hydrogen (secondary N) is 3. The summed E-state index contributed by atoms with van der Waals surface area (Å²) in [6.45, 7) is 2.05. The van der Waals surface area contributed by atoms with Crippen molar-refractivity contribution in [3.63, 3.8) is 0 Å². The van der Waals surface area contributed by atoms with E-state index in [0.29, 0.717) is 17.1 Å². The first-order chi connectivity index (χ1) is 14.4. The second-order valence-corrected chi connectivity index (χ2v) is 7.93. The Morgan fingerprint density at radius 1 is 1.17 bits per heavy atom. The number of thioether (sulfide) groups is 1. The Labute approximate surface area is 179 Å². The highest BCUT2D eigenvalue weighted by molar-refractivity contribution is 7.99. The fourth-order valence-electron chi connectivity index (χ4n) is 3.09. The summed E-state index contributed by atoms with van der Waals surface area (Å²) in [4.78, 5) is 25.2. The third-order valence-corrected chi connectivity index (χ3v) is 5.92. The van der Waals surface area contributed by atoms with Crippen molar-refractivity contribution in [2.45, 2.75) is 30.4 Å². The number of rotatable bonds is 7. The molecule has 5 N–H and O–H groups in total. The highest BCUT2D eigenvalue weighted by atomic mass is 32.2. The van der Waals surface area contributed by atoms with Gasteiger partial charge in [-0.15, -0.1) is 11.8 Å². The molecule has 2 amide bonds. The second-order valence-electron chi connectivity index (χ2n) is 6.84. The first kappa shape index (κ1) is 21.9. The minimum absolute atomic E-state index is 0.336. The first-order valence-electron chi connectivity index (χ1n) is 9.44. The van der Waals surface area contributed by atoms with Gasteiger partial charge in [0.15, 0.2) is 11.5 Å². The van der Waals surface area contributed by atoms with Gasteiger partial charge in [-0.25, -0.2) is 0 Å². The van der Waals surface area contributed by atoms with E-state index in [1.54, 1.807) is 18.2 Å². The van der Waals surface area contributed by atoms with E-state index in [1.807, 2.05) is 25.1 Å². The van der Waals surface area contributed by atoms with Crippen molar-refractivity contribution < 1.29 is 19.1 Å². The highest BCUT2D eigenvalue weighted by Gasteiger charge is 2.35. The molecule has 3 unspecified atom stereocenters. The fourth-order valence-corrected chi connectivity index (χ4v) is 4.21. The molecule has 3 atom stereocenters. The summed E-state index contributed by atoms with van der Waals surface area (Å²) in [5.41, 5.74) is 8.51. The van der Waals surface area contributed by atoms with Crippen molar-refractivity contribution in [3.05, 3.63) is 59.2 Å². The number of carbonyl (C=O) groups is 2. The molecular formula is C21H26N4O4S. The van der Waals surface area contributed by atoms with Crippen LogP contribution in [0.15, 0.2) is 42.5 Å². The van der Waals surface area contributed by atoms with Crippen molar-refractivity contribution >= 4 is 23.6 Å². The topological polar surface area (TPSA) is 115 Å². The number of methoxy groups -OCH3 is 2. The van der Waals surface area contributed by atoms with Crippen LogP contribution >= 0.6 is 11.8 Å². The number of carbonyl (C=O) groups excluding carboxylic acids is 2. The summed E-state index contributed by atoms with van der Waals surface area (Å²) in [5, 5.41) is 8.67. The summed E-state index contributed by atoms with van der Waals surface area (Å²) < 4.78 is 10.4. The monoisotopic (exact) mass is 430 g/mol. The fraction of sp³-hybridized carbons (Fsp3) is 0.333. The molecule has 1 heterocycles. The van der Waals surface area contributed by atoms with Gasteiger partial charge in [0.1, 0.15) is 11.5 Å². The molecule has 30 heavy (non-hydrogen) atoms. The third kappa shape index (κ3) is 5.05. The molecule has 2 aromatic rings. The maximum atomic E-state index is 12.6. The molecule has 2 aromatic carbocycles. The maximum Gasteiger partial charge on any atom is 0.252 e. The molecule has 8 nitrogen and oxygen atoms in total. The van der Waals surface area contributed by atoms with Crippen molar-refractivity contribution in [1.29, 1.82) is 0 Å². The number of nitrogens with two attached hydrogens (primary N) is 1. The Bertz CT molecular complexity index is 924.